The molecule has 9 heteroatoms. The van der Waals surface area contributed by atoms with Crippen LogP contribution in [0.25, 0.3) is 6.08 Å². The minimum Gasteiger partial charge on any atom is -0.494 e. The Kier molecular flexibility index (Phi) is 4.28. The summed E-state index contributed by atoms with van der Waals surface area (Å²) in [7, 11) is 2.51. The topological polar surface area (TPSA) is 112 Å². The first-order valence-electron chi connectivity index (χ1n) is 7.18. The van der Waals surface area contributed by atoms with Gasteiger partial charge in [0.05, 0.1) is 11.7 Å². The number of allylic oxidation sites excluding steroid dienone is 1. The van der Waals surface area contributed by atoms with Crippen LogP contribution in [0.15, 0.2) is 21.9 Å². The number of aromatic hydroxyl groups is 1. The monoisotopic (exact) mass is 333 g/mol. The lowest BCUT2D eigenvalue weighted by atomic mass is 10.1. The molecule has 2 aromatic heterocycles. The highest BCUT2D eigenvalue weighted by molar-refractivity contribution is 6.07. The number of rotatable bonds is 3. The molecule has 2 rings (SSSR count). The highest BCUT2D eigenvalue weighted by Gasteiger charge is 2.20. The standard InChI is InChI=1S/C15H19N5O4/c1-15(2,3)20-8-9(16-17-20)6-7-10(21)11-12(22)18(4)14(24)19(5)13(11)23/h6-8,22H,1-5H3/b7-6+. The number of hydrogen-bond donors (Lipinski definition) is 1. The van der Waals surface area contributed by atoms with Gasteiger partial charge in [-0.25, -0.2) is 9.48 Å². The summed E-state index contributed by atoms with van der Waals surface area (Å²) in [4.78, 5) is 36.0. The Hall–Kier alpha value is -2.97. The van der Waals surface area contributed by atoms with Gasteiger partial charge in [-0.2, -0.15) is 0 Å². The SMILES string of the molecule is Cn1c(O)c(C(=O)/C=C/c2cn(C(C)(C)C)nn2)c(=O)n(C)c1=O. The Morgan fingerprint density at radius 1 is 1.21 bits per heavy atom. The van der Waals surface area contributed by atoms with Crippen LogP contribution < -0.4 is 11.2 Å². The lowest BCUT2D eigenvalue weighted by Crippen LogP contribution is -2.39. The summed E-state index contributed by atoms with van der Waals surface area (Å²) >= 11 is 0. The number of carbonyl (C=O) groups excluding carboxylic acids is 1. The number of hydrogen-bond acceptors (Lipinski definition) is 6. The molecule has 0 aliphatic carbocycles. The zero-order valence-electron chi connectivity index (χ0n) is 14.1. The second kappa shape index (κ2) is 5.91. The van der Waals surface area contributed by atoms with Crippen molar-refractivity contribution in [3.05, 3.63) is 44.4 Å². The minimum atomic E-state index is -0.858. The number of carbonyl (C=O) groups is 1. The smallest absolute Gasteiger partial charge is 0.333 e. The van der Waals surface area contributed by atoms with Crippen LogP contribution in [0.3, 0.4) is 0 Å². The molecule has 0 saturated carbocycles. The zero-order valence-corrected chi connectivity index (χ0v) is 14.1. The molecule has 0 saturated heterocycles. The fourth-order valence-electron chi connectivity index (χ4n) is 1.97. The predicted molar refractivity (Wildman–Crippen MR) is 87.0 cm³/mol. The van der Waals surface area contributed by atoms with Crippen LogP contribution in [-0.4, -0.2) is 35.0 Å². The first-order valence-corrected chi connectivity index (χ1v) is 7.18. The fourth-order valence-corrected chi connectivity index (χ4v) is 1.97. The van der Waals surface area contributed by atoms with Gasteiger partial charge in [-0.1, -0.05) is 5.21 Å². The molecule has 0 aliphatic heterocycles. The Labute approximate surface area is 137 Å². The lowest BCUT2D eigenvalue weighted by Gasteiger charge is -2.17. The molecule has 0 radical (unpaired) electrons. The average molecular weight is 333 g/mol. The molecule has 0 aromatic carbocycles. The van der Waals surface area contributed by atoms with Gasteiger partial charge in [0, 0.05) is 14.1 Å². The molecular weight excluding hydrogens is 314 g/mol. The molecular formula is C15H19N5O4. The van der Waals surface area contributed by atoms with E-state index in [-0.39, 0.29) is 5.54 Å². The summed E-state index contributed by atoms with van der Waals surface area (Å²) in [6.07, 6.45) is 4.15. The van der Waals surface area contributed by atoms with Crippen LogP contribution in [0.4, 0.5) is 0 Å². The summed E-state index contributed by atoms with van der Waals surface area (Å²) in [6, 6.07) is 0. The van der Waals surface area contributed by atoms with E-state index in [1.165, 1.54) is 20.2 Å². The van der Waals surface area contributed by atoms with Gasteiger partial charge in [0.25, 0.3) is 5.56 Å². The maximum atomic E-state index is 12.2. The molecule has 24 heavy (non-hydrogen) atoms. The quantitative estimate of drug-likeness (QED) is 0.626. The molecule has 2 aromatic rings. The summed E-state index contributed by atoms with van der Waals surface area (Å²) in [5, 5.41) is 17.8. The minimum absolute atomic E-state index is 0.255. The van der Waals surface area contributed by atoms with Crippen molar-refractivity contribution in [2.24, 2.45) is 14.1 Å². The molecule has 0 fully saturated rings. The average Bonchev–Trinajstić information content (AvgIpc) is 2.98. The summed E-state index contributed by atoms with van der Waals surface area (Å²) < 4.78 is 3.23. The van der Waals surface area contributed by atoms with E-state index in [2.05, 4.69) is 10.3 Å². The van der Waals surface area contributed by atoms with Gasteiger partial charge in [-0.15, -0.1) is 5.10 Å². The molecule has 0 spiro atoms. The third-order valence-corrected chi connectivity index (χ3v) is 3.48. The van der Waals surface area contributed by atoms with Gasteiger partial charge in [-0.3, -0.25) is 18.7 Å². The molecule has 9 nitrogen and oxygen atoms in total. The number of nitrogens with zero attached hydrogens (tertiary/aromatic N) is 5. The lowest BCUT2D eigenvalue weighted by molar-refractivity contribution is 0.104. The molecule has 0 unspecified atom stereocenters. The van der Waals surface area contributed by atoms with E-state index in [1.54, 1.807) is 10.9 Å². The van der Waals surface area contributed by atoms with Crippen molar-refractivity contribution >= 4 is 11.9 Å². The van der Waals surface area contributed by atoms with Crippen LogP contribution in [0.1, 0.15) is 36.8 Å². The number of ketones is 1. The molecule has 0 atom stereocenters. The maximum Gasteiger partial charge on any atom is 0.333 e. The van der Waals surface area contributed by atoms with E-state index >= 15 is 0 Å². The van der Waals surface area contributed by atoms with Gasteiger partial charge in [-0.05, 0) is 32.9 Å². The van der Waals surface area contributed by atoms with Crippen LogP contribution in [0, 0.1) is 0 Å². The third kappa shape index (κ3) is 3.05. The van der Waals surface area contributed by atoms with E-state index in [9.17, 15) is 19.5 Å². The summed E-state index contributed by atoms with van der Waals surface area (Å²) in [5.74, 6) is -1.40. The first kappa shape index (κ1) is 17.4. The molecule has 0 amide bonds. The number of aromatic nitrogens is 5. The van der Waals surface area contributed by atoms with E-state index in [4.69, 9.17) is 0 Å². The molecule has 2 heterocycles. The van der Waals surface area contributed by atoms with Crippen molar-refractivity contribution in [2.45, 2.75) is 26.3 Å². The highest BCUT2D eigenvalue weighted by Crippen LogP contribution is 2.13. The molecule has 0 aliphatic rings. The fraction of sp³-hybridized carbons (Fsp3) is 0.400. The second-order valence-electron chi connectivity index (χ2n) is 6.36. The van der Waals surface area contributed by atoms with Gasteiger partial charge in [0.15, 0.2) is 5.78 Å². The van der Waals surface area contributed by atoms with Crippen molar-refractivity contribution < 1.29 is 9.90 Å². The van der Waals surface area contributed by atoms with E-state index in [0.29, 0.717) is 5.69 Å². The highest BCUT2D eigenvalue weighted by atomic mass is 16.3. The van der Waals surface area contributed by atoms with E-state index in [1.807, 2.05) is 20.8 Å². The normalized spacial score (nSPS) is 12.0. The Balaban J connectivity index is 2.39. The van der Waals surface area contributed by atoms with Crippen LogP contribution >= 0.6 is 0 Å². The molecule has 128 valence electrons. The van der Waals surface area contributed by atoms with Crippen molar-refractivity contribution in [2.75, 3.05) is 0 Å². The van der Waals surface area contributed by atoms with Gasteiger partial charge >= 0.3 is 5.69 Å². The van der Waals surface area contributed by atoms with Crippen molar-refractivity contribution in [3.8, 4) is 5.88 Å². The van der Waals surface area contributed by atoms with Gasteiger partial charge in [0.1, 0.15) is 11.3 Å². The molecule has 1 N–H and O–H groups in total. The Bertz CT molecular complexity index is 940. The van der Waals surface area contributed by atoms with E-state index < -0.39 is 28.5 Å². The Morgan fingerprint density at radius 3 is 2.38 bits per heavy atom. The van der Waals surface area contributed by atoms with Crippen molar-refractivity contribution in [1.82, 2.24) is 24.1 Å². The first-order chi connectivity index (χ1) is 11.0. The predicted octanol–water partition coefficient (Wildman–Crippen LogP) is 0.0322. The van der Waals surface area contributed by atoms with E-state index in [0.717, 1.165) is 15.2 Å². The third-order valence-electron chi connectivity index (χ3n) is 3.48. The zero-order chi connectivity index (χ0) is 18.2. The maximum absolute atomic E-state index is 12.2. The van der Waals surface area contributed by atoms with Crippen molar-refractivity contribution in [3.63, 3.8) is 0 Å². The van der Waals surface area contributed by atoms with Gasteiger partial charge in [0.2, 0.25) is 5.88 Å². The second-order valence-corrected chi connectivity index (χ2v) is 6.36. The summed E-state index contributed by atoms with van der Waals surface area (Å²) in [6.45, 7) is 5.85. The molecule has 0 bridgehead atoms. The van der Waals surface area contributed by atoms with Crippen LogP contribution in [-0.2, 0) is 19.6 Å². The van der Waals surface area contributed by atoms with Gasteiger partial charge < -0.3 is 5.11 Å². The summed E-state index contributed by atoms with van der Waals surface area (Å²) in [5.41, 5.74) is -1.87. The largest absolute Gasteiger partial charge is 0.494 e. The van der Waals surface area contributed by atoms with Crippen molar-refractivity contribution in [1.29, 1.82) is 0 Å². The Morgan fingerprint density at radius 2 is 1.83 bits per heavy atom. The van der Waals surface area contributed by atoms with Crippen LogP contribution in [0.5, 0.6) is 5.88 Å². The van der Waals surface area contributed by atoms with Crippen LogP contribution in [0.2, 0.25) is 0 Å².